The van der Waals surface area contributed by atoms with Gasteiger partial charge in [-0.05, 0) is 57.3 Å². The average Bonchev–Trinajstić information content (AvgIpc) is 2.81. The van der Waals surface area contributed by atoms with Crippen molar-refractivity contribution in [3.63, 3.8) is 0 Å². The Labute approximate surface area is 140 Å². The quantitative estimate of drug-likeness (QED) is 0.633. The maximum atomic E-state index is 12.1. The van der Waals surface area contributed by atoms with Crippen molar-refractivity contribution in [3.8, 4) is 0 Å². The van der Waals surface area contributed by atoms with E-state index in [1.165, 1.54) is 12.8 Å². The highest BCUT2D eigenvalue weighted by molar-refractivity contribution is 5.72. The fourth-order valence-corrected chi connectivity index (χ4v) is 4.42. The van der Waals surface area contributed by atoms with E-state index < -0.39 is 0 Å². The summed E-state index contributed by atoms with van der Waals surface area (Å²) in [6.45, 7) is 6.17. The van der Waals surface area contributed by atoms with Gasteiger partial charge in [-0.25, -0.2) is 0 Å². The Morgan fingerprint density at radius 2 is 1.87 bits per heavy atom. The van der Waals surface area contributed by atoms with E-state index >= 15 is 0 Å². The molecule has 0 aromatic carbocycles. The summed E-state index contributed by atoms with van der Waals surface area (Å²) in [6.07, 6.45) is 10.5. The molecule has 130 valence electrons. The number of esters is 1. The molecule has 5 unspecified atom stereocenters. The van der Waals surface area contributed by atoms with Crippen LogP contribution in [0.5, 0.6) is 0 Å². The number of carbonyl (C=O) groups excluding carboxylic acids is 1. The first-order valence-electron chi connectivity index (χ1n) is 9.36. The van der Waals surface area contributed by atoms with E-state index in [0.717, 1.165) is 44.8 Å². The van der Waals surface area contributed by atoms with E-state index in [4.69, 9.17) is 14.2 Å². The van der Waals surface area contributed by atoms with Gasteiger partial charge in [-0.3, -0.25) is 4.79 Å². The standard InChI is InChI=1S/C19H30O4/c1-3-5-6-13(19(20)21-4-2)9-10-18-22-16-12-15-8-7-14(16)11-17(15)23-18/h13-17H,1,3-12H2,2H3. The zero-order chi connectivity index (χ0) is 16.2. The lowest BCUT2D eigenvalue weighted by Crippen LogP contribution is -2.42. The fourth-order valence-electron chi connectivity index (χ4n) is 4.42. The molecule has 4 nitrogen and oxygen atoms in total. The molecule has 4 heteroatoms. The number of hydrogen-bond acceptors (Lipinski definition) is 4. The second-order valence-electron chi connectivity index (χ2n) is 7.24. The summed E-state index contributed by atoms with van der Waals surface area (Å²) >= 11 is 0. The van der Waals surface area contributed by atoms with Crippen molar-refractivity contribution in [3.05, 3.63) is 13.2 Å². The zero-order valence-corrected chi connectivity index (χ0v) is 14.3. The van der Waals surface area contributed by atoms with Gasteiger partial charge in [0, 0.05) is 6.42 Å². The molecule has 0 aromatic heterocycles. The van der Waals surface area contributed by atoms with Crippen molar-refractivity contribution in [2.45, 2.75) is 76.9 Å². The van der Waals surface area contributed by atoms with Gasteiger partial charge in [0.2, 0.25) is 6.29 Å². The van der Waals surface area contributed by atoms with Crippen molar-refractivity contribution in [2.24, 2.45) is 17.8 Å². The Hall–Kier alpha value is -0.610. The van der Waals surface area contributed by atoms with Gasteiger partial charge < -0.3 is 14.2 Å². The topological polar surface area (TPSA) is 44.8 Å². The highest BCUT2D eigenvalue weighted by Crippen LogP contribution is 2.49. The Kier molecular flexibility index (Phi) is 5.97. The van der Waals surface area contributed by atoms with Crippen molar-refractivity contribution in [2.75, 3.05) is 6.61 Å². The van der Waals surface area contributed by atoms with Gasteiger partial charge >= 0.3 is 5.97 Å². The fraction of sp³-hybridized carbons (Fsp3) is 0.842. The van der Waals surface area contributed by atoms with E-state index in [0.29, 0.717) is 37.1 Å². The van der Waals surface area contributed by atoms with Gasteiger partial charge in [-0.2, -0.15) is 0 Å². The molecular weight excluding hydrogens is 292 g/mol. The van der Waals surface area contributed by atoms with E-state index in [-0.39, 0.29) is 11.9 Å². The van der Waals surface area contributed by atoms with Crippen molar-refractivity contribution >= 4 is 5.97 Å². The van der Waals surface area contributed by atoms with Crippen molar-refractivity contribution < 1.29 is 19.0 Å². The third-order valence-electron chi connectivity index (χ3n) is 5.72. The molecule has 3 aliphatic carbocycles. The lowest BCUT2D eigenvalue weighted by molar-refractivity contribution is -0.149. The number of rotatable bonds is 8. The normalized spacial score (nSPS) is 34.3. The Balaban J connectivity index is 1.52. The smallest absolute Gasteiger partial charge is 0.308 e. The molecule has 5 atom stereocenters. The SMILES string of the molecule is [CH2]CCCC(CC[C]1OC2CC3CCC2CC3O1)C(=O)OCC. The molecule has 3 saturated carbocycles. The van der Waals surface area contributed by atoms with E-state index in [2.05, 4.69) is 6.92 Å². The largest absolute Gasteiger partial charge is 0.466 e. The second kappa shape index (κ2) is 7.98. The molecule has 5 rings (SSSR count). The van der Waals surface area contributed by atoms with Crippen molar-refractivity contribution in [1.82, 2.24) is 0 Å². The number of carbonyl (C=O) groups is 1. The molecule has 4 bridgehead atoms. The number of hydrogen-bond donors (Lipinski definition) is 0. The molecule has 5 aliphatic rings. The first kappa shape index (κ1) is 17.2. The van der Waals surface area contributed by atoms with Gasteiger partial charge in [-0.1, -0.05) is 19.8 Å². The molecule has 2 aliphatic heterocycles. The molecule has 23 heavy (non-hydrogen) atoms. The first-order chi connectivity index (χ1) is 11.2. The Morgan fingerprint density at radius 1 is 1.22 bits per heavy atom. The van der Waals surface area contributed by atoms with Crippen molar-refractivity contribution in [1.29, 1.82) is 0 Å². The van der Waals surface area contributed by atoms with Crippen LogP contribution in [0, 0.1) is 31.0 Å². The Bertz CT molecular complexity index is 377. The maximum absolute atomic E-state index is 12.1. The third-order valence-corrected chi connectivity index (χ3v) is 5.72. The van der Waals surface area contributed by atoms with Gasteiger partial charge in [-0.15, -0.1) is 0 Å². The van der Waals surface area contributed by atoms with E-state index in [9.17, 15) is 4.79 Å². The molecule has 5 fully saturated rings. The molecule has 0 aromatic rings. The van der Waals surface area contributed by atoms with Crippen LogP contribution in [0.2, 0.25) is 0 Å². The monoisotopic (exact) mass is 322 g/mol. The number of unbranched alkanes of at least 4 members (excludes halogenated alkanes) is 1. The lowest BCUT2D eigenvalue weighted by atomic mass is 9.67. The molecule has 2 radical (unpaired) electrons. The van der Waals surface area contributed by atoms with E-state index in [1.54, 1.807) is 0 Å². The minimum Gasteiger partial charge on any atom is -0.466 e. The Morgan fingerprint density at radius 3 is 2.39 bits per heavy atom. The summed E-state index contributed by atoms with van der Waals surface area (Å²) in [6, 6.07) is 0. The third kappa shape index (κ3) is 4.08. The van der Waals surface area contributed by atoms with Gasteiger partial charge in [0.15, 0.2) is 0 Å². The summed E-state index contributed by atoms with van der Waals surface area (Å²) in [7, 11) is 0. The minimum absolute atomic E-state index is 0.0611. The lowest BCUT2D eigenvalue weighted by Gasteiger charge is -2.42. The molecule has 2 saturated heterocycles. The molecule has 2 heterocycles. The van der Waals surface area contributed by atoms with Crippen LogP contribution in [0.1, 0.15) is 64.7 Å². The van der Waals surface area contributed by atoms with Gasteiger partial charge in [0.05, 0.1) is 24.7 Å². The van der Waals surface area contributed by atoms with Gasteiger partial charge in [0.25, 0.3) is 0 Å². The molecule has 0 spiro atoms. The summed E-state index contributed by atoms with van der Waals surface area (Å²) in [5.74, 6) is 1.20. The first-order valence-corrected chi connectivity index (χ1v) is 9.36. The highest BCUT2D eigenvalue weighted by atomic mass is 16.7. The number of fused-ring (bicyclic) bond motifs is 3. The van der Waals surface area contributed by atoms with Crippen LogP contribution in [0.25, 0.3) is 0 Å². The summed E-state index contributed by atoms with van der Waals surface area (Å²) < 4.78 is 17.5. The van der Waals surface area contributed by atoms with Crippen LogP contribution in [-0.2, 0) is 19.0 Å². The van der Waals surface area contributed by atoms with Crippen LogP contribution < -0.4 is 0 Å². The molecule has 0 N–H and O–H groups in total. The van der Waals surface area contributed by atoms with Crippen LogP contribution in [0.15, 0.2) is 0 Å². The zero-order valence-electron chi connectivity index (χ0n) is 14.3. The molecular formula is C19H30O4. The van der Waals surface area contributed by atoms with E-state index in [1.807, 2.05) is 6.92 Å². The summed E-state index contributed by atoms with van der Waals surface area (Å²) in [4.78, 5) is 12.1. The average molecular weight is 322 g/mol. The van der Waals surface area contributed by atoms with Crippen LogP contribution in [-0.4, -0.2) is 24.8 Å². The maximum Gasteiger partial charge on any atom is 0.308 e. The summed E-state index contributed by atoms with van der Waals surface area (Å²) in [5, 5.41) is 0. The highest BCUT2D eigenvalue weighted by Gasteiger charge is 2.48. The minimum atomic E-state index is -0.0850. The van der Waals surface area contributed by atoms with Crippen LogP contribution in [0.3, 0.4) is 0 Å². The summed E-state index contributed by atoms with van der Waals surface area (Å²) in [5.41, 5.74) is 0. The number of ether oxygens (including phenoxy) is 3. The predicted octanol–water partition coefficient (Wildman–Crippen LogP) is 4.04. The van der Waals surface area contributed by atoms with Crippen LogP contribution in [0.4, 0.5) is 0 Å². The van der Waals surface area contributed by atoms with Crippen LogP contribution >= 0.6 is 0 Å². The second-order valence-corrected chi connectivity index (χ2v) is 7.24. The molecule has 0 amide bonds. The van der Waals surface area contributed by atoms with Gasteiger partial charge in [0.1, 0.15) is 0 Å². The predicted molar refractivity (Wildman–Crippen MR) is 87.0 cm³/mol.